The SMILES string of the molecule is CCC1CCCN(C(=O)NCc2cccnc2)C1. The van der Waals surface area contributed by atoms with Crippen molar-refractivity contribution < 1.29 is 4.79 Å². The number of nitrogens with one attached hydrogen (secondary N) is 1. The number of carbonyl (C=O) groups excluding carboxylic acids is 1. The summed E-state index contributed by atoms with van der Waals surface area (Å²) in [5, 5.41) is 2.96. The van der Waals surface area contributed by atoms with Crippen LogP contribution in [0.3, 0.4) is 0 Å². The third-order valence-electron chi connectivity index (χ3n) is 3.55. The van der Waals surface area contributed by atoms with Crippen LogP contribution >= 0.6 is 0 Å². The van der Waals surface area contributed by atoms with Crippen LogP contribution in [0.2, 0.25) is 0 Å². The minimum atomic E-state index is 0.0528. The lowest BCUT2D eigenvalue weighted by Gasteiger charge is -2.32. The lowest BCUT2D eigenvalue weighted by molar-refractivity contribution is 0.163. The van der Waals surface area contributed by atoms with Crippen molar-refractivity contribution in [1.82, 2.24) is 15.2 Å². The summed E-state index contributed by atoms with van der Waals surface area (Å²) in [6.45, 7) is 4.53. The first-order valence-electron chi connectivity index (χ1n) is 6.71. The Labute approximate surface area is 108 Å². The molecule has 2 heterocycles. The Kier molecular flexibility index (Phi) is 4.56. The Morgan fingerprint density at radius 1 is 1.61 bits per heavy atom. The number of hydrogen-bond acceptors (Lipinski definition) is 2. The fraction of sp³-hybridized carbons (Fsp3) is 0.571. The molecule has 98 valence electrons. The number of aromatic nitrogens is 1. The molecule has 1 aliphatic rings. The van der Waals surface area contributed by atoms with Gasteiger partial charge in [0, 0.05) is 32.0 Å². The van der Waals surface area contributed by atoms with Crippen molar-refractivity contribution in [2.45, 2.75) is 32.7 Å². The molecule has 0 aromatic carbocycles. The maximum atomic E-state index is 12.0. The van der Waals surface area contributed by atoms with Crippen LogP contribution in [0.5, 0.6) is 0 Å². The van der Waals surface area contributed by atoms with Crippen molar-refractivity contribution >= 4 is 6.03 Å². The Morgan fingerprint density at radius 3 is 3.22 bits per heavy atom. The molecular weight excluding hydrogens is 226 g/mol. The van der Waals surface area contributed by atoms with Crippen molar-refractivity contribution in [2.75, 3.05) is 13.1 Å². The second-order valence-corrected chi connectivity index (χ2v) is 4.88. The summed E-state index contributed by atoms with van der Waals surface area (Å²) in [4.78, 5) is 18.0. The summed E-state index contributed by atoms with van der Waals surface area (Å²) < 4.78 is 0. The summed E-state index contributed by atoms with van der Waals surface area (Å²) >= 11 is 0. The predicted molar refractivity (Wildman–Crippen MR) is 71.1 cm³/mol. The molecule has 1 aromatic rings. The third-order valence-corrected chi connectivity index (χ3v) is 3.55. The first-order chi connectivity index (χ1) is 8.79. The van der Waals surface area contributed by atoms with Crippen molar-refractivity contribution in [3.8, 4) is 0 Å². The second kappa shape index (κ2) is 6.38. The zero-order valence-electron chi connectivity index (χ0n) is 10.9. The molecule has 1 atom stereocenters. The quantitative estimate of drug-likeness (QED) is 0.891. The maximum Gasteiger partial charge on any atom is 0.317 e. The van der Waals surface area contributed by atoms with Crippen LogP contribution in [0.25, 0.3) is 0 Å². The molecule has 1 aromatic heterocycles. The van der Waals surface area contributed by atoms with Crippen LogP contribution in [-0.4, -0.2) is 29.0 Å². The van der Waals surface area contributed by atoms with E-state index in [0.717, 1.165) is 31.5 Å². The Morgan fingerprint density at radius 2 is 2.50 bits per heavy atom. The number of nitrogens with zero attached hydrogens (tertiary/aromatic N) is 2. The van der Waals surface area contributed by atoms with Gasteiger partial charge in [-0.05, 0) is 30.4 Å². The number of amides is 2. The lowest BCUT2D eigenvalue weighted by atomic mass is 9.96. The molecule has 0 spiro atoms. The summed E-state index contributed by atoms with van der Waals surface area (Å²) in [6, 6.07) is 3.91. The number of urea groups is 1. The molecule has 1 aliphatic heterocycles. The zero-order valence-corrected chi connectivity index (χ0v) is 10.9. The Balaban J connectivity index is 1.81. The van der Waals surface area contributed by atoms with Crippen LogP contribution < -0.4 is 5.32 Å². The number of rotatable bonds is 3. The molecule has 2 rings (SSSR count). The van der Waals surface area contributed by atoms with Crippen LogP contribution in [0.1, 0.15) is 31.7 Å². The largest absolute Gasteiger partial charge is 0.334 e. The highest BCUT2D eigenvalue weighted by Crippen LogP contribution is 2.18. The van der Waals surface area contributed by atoms with Crippen molar-refractivity contribution in [1.29, 1.82) is 0 Å². The van der Waals surface area contributed by atoms with Gasteiger partial charge in [0.15, 0.2) is 0 Å². The van der Waals surface area contributed by atoms with Gasteiger partial charge < -0.3 is 10.2 Å². The standard InChI is InChI=1S/C14H21N3O/c1-2-12-6-4-8-17(11-12)14(18)16-10-13-5-3-7-15-9-13/h3,5,7,9,12H,2,4,6,8,10-11H2,1H3,(H,16,18). The first-order valence-corrected chi connectivity index (χ1v) is 6.71. The van der Waals surface area contributed by atoms with E-state index in [1.807, 2.05) is 17.0 Å². The molecule has 4 nitrogen and oxygen atoms in total. The zero-order chi connectivity index (χ0) is 12.8. The van der Waals surface area contributed by atoms with Gasteiger partial charge in [0.25, 0.3) is 0 Å². The molecule has 0 bridgehead atoms. The summed E-state index contributed by atoms with van der Waals surface area (Å²) in [6.07, 6.45) is 7.06. The Hall–Kier alpha value is -1.58. The highest BCUT2D eigenvalue weighted by Gasteiger charge is 2.21. The molecule has 1 saturated heterocycles. The van der Waals surface area contributed by atoms with E-state index in [1.54, 1.807) is 12.4 Å². The predicted octanol–water partition coefficient (Wildman–Crippen LogP) is 2.41. The van der Waals surface area contributed by atoms with E-state index in [2.05, 4.69) is 17.2 Å². The van der Waals surface area contributed by atoms with Gasteiger partial charge in [0.05, 0.1) is 0 Å². The third kappa shape index (κ3) is 3.45. The van der Waals surface area contributed by atoms with E-state index in [4.69, 9.17) is 0 Å². The molecule has 4 heteroatoms. The summed E-state index contributed by atoms with van der Waals surface area (Å²) in [7, 11) is 0. The van der Waals surface area contributed by atoms with Gasteiger partial charge in [-0.25, -0.2) is 4.79 Å². The Bertz CT molecular complexity index is 380. The van der Waals surface area contributed by atoms with Gasteiger partial charge in [-0.1, -0.05) is 19.4 Å². The van der Waals surface area contributed by atoms with Gasteiger partial charge >= 0.3 is 6.03 Å². The van der Waals surface area contributed by atoms with Crippen molar-refractivity contribution in [3.63, 3.8) is 0 Å². The number of carbonyl (C=O) groups is 1. The fourth-order valence-electron chi connectivity index (χ4n) is 2.37. The summed E-state index contributed by atoms with van der Waals surface area (Å²) in [5.74, 6) is 0.669. The fourth-order valence-corrected chi connectivity index (χ4v) is 2.37. The second-order valence-electron chi connectivity index (χ2n) is 4.88. The average molecular weight is 247 g/mol. The van der Waals surface area contributed by atoms with Gasteiger partial charge in [-0.2, -0.15) is 0 Å². The molecule has 1 unspecified atom stereocenters. The molecule has 18 heavy (non-hydrogen) atoms. The number of pyridine rings is 1. The number of likely N-dealkylation sites (tertiary alicyclic amines) is 1. The monoisotopic (exact) mass is 247 g/mol. The minimum Gasteiger partial charge on any atom is -0.334 e. The average Bonchev–Trinajstić information content (AvgIpc) is 2.46. The van der Waals surface area contributed by atoms with Crippen LogP contribution in [-0.2, 0) is 6.54 Å². The van der Waals surface area contributed by atoms with Crippen LogP contribution in [0.15, 0.2) is 24.5 Å². The lowest BCUT2D eigenvalue weighted by Crippen LogP contribution is -2.45. The van der Waals surface area contributed by atoms with Crippen molar-refractivity contribution in [2.24, 2.45) is 5.92 Å². The van der Waals surface area contributed by atoms with Gasteiger partial charge in [-0.15, -0.1) is 0 Å². The first kappa shape index (κ1) is 12.9. The van der Waals surface area contributed by atoms with E-state index >= 15 is 0 Å². The van der Waals surface area contributed by atoms with Crippen LogP contribution in [0, 0.1) is 5.92 Å². The molecule has 1 fully saturated rings. The van der Waals surface area contributed by atoms with Gasteiger partial charge in [-0.3, -0.25) is 4.98 Å². The molecule has 1 N–H and O–H groups in total. The minimum absolute atomic E-state index is 0.0528. The van der Waals surface area contributed by atoms with E-state index in [-0.39, 0.29) is 6.03 Å². The molecule has 0 aliphatic carbocycles. The highest BCUT2D eigenvalue weighted by atomic mass is 16.2. The topological polar surface area (TPSA) is 45.2 Å². The van der Waals surface area contributed by atoms with Gasteiger partial charge in [0.1, 0.15) is 0 Å². The molecular formula is C14H21N3O. The van der Waals surface area contributed by atoms with Crippen molar-refractivity contribution in [3.05, 3.63) is 30.1 Å². The summed E-state index contributed by atoms with van der Waals surface area (Å²) in [5.41, 5.74) is 1.04. The van der Waals surface area contributed by atoms with Crippen LogP contribution in [0.4, 0.5) is 4.79 Å². The van der Waals surface area contributed by atoms with E-state index in [0.29, 0.717) is 12.5 Å². The van der Waals surface area contributed by atoms with Gasteiger partial charge in [0.2, 0.25) is 0 Å². The normalized spacial score (nSPS) is 19.6. The van der Waals surface area contributed by atoms with E-state index < -0.39 is 0 Å². The maximum absolute atomic E-state index is 12.0. The number of piperidine rings is 1. The van der Waals surface area contributed by atoms with E-state index in [1.165, 1.54) is 6.42 Å². The molecule has 0 saturated carbocycles. The molecule has 2 amide bonds. The number of hydrogen-bond donors (Lipinski definition) is 1. The molecule has 0 radical (unpaired) electrons. The smallest absolute Gasteiger partial charge is 0.317 e. The van der Waals surface area contributed by atoms with E-state index in [9.17, 15) is 4.79 Å². The highest BCUT2D eigenvalue weighted by molar-refractivity contribution is 5.74.